The molecule has 1 aromatic heterocycles. The van der Waals surface area contributed by atoms with Gasteiger partial charge in [0.2, 0.25) is 0 Å². The monoisotopic (exact) mass is 199 g/mol. The zero-order valence-corrected chi connectivity index (χ0v) is 7.63. The molecule has 78 valence electrons. The first-order chi connectivity index (χ1) is 6.65. The van der Waals surface area contributed by atoms with Crippen LogP contribution in [0.2, 0.25) is 0 Å². The maximum absolute atomic E-state index is 10.7. The van der Waals surface area contributed by atoms with Crippen molar-refractivity contribution in [2.75, 3.05) is 6.61 Å². The second kappa shape index (κ2) is 4.73. The molecule has 0 spiro atoms. The number of carbonyl (C=O) groups is 1. The number of nitrogens with zero attached hydrogens (tertiary/aromatic N) is 2. The fourth-order valence-corrected chi connectivity index (χ4v) is 1.05. The predicted molar refractivity (Wildman–Crippen MR) is 48.3 cm³/mol. The third-order valence-corrected chi connectivity index (χ3v) is 1.82. The Hall–Kier alpha value is -1.40. The van der Waals surface area contributed by atoms with E-state index in [1.165, 1.54) is 17.1 Å². The lowest BCUT2D eigenvalue weighted by molar-refractivity contribution is 0.0850. The number of aliphatic hydroxyl groups excluding tert-OH is 2. The third kappa shape index (κ3) is 2.54. The Labute approximate surface area is 81.0 Å². The third-order valence-electron chi connectivity index (χ3n) is 1.82. The Kier molecular flexibility index (Phi) is 3.61. The van der Waals surface area contributed by atoms with Crippen LogP contribution in [0.5, 0.6) is 0 Å². The average molecular weight is 199 g/mol. The van der Waals surface area contributed by atoms with Crippen LogP contribution in [0.1, 0.15) is 29.6 Å². The van der Waals surface area contributed by atoms with Gasteiger partial charge in [0.25, 0.3) is 5.91 Å². The standard InChI is InChI=1S/C8H13N3O3/c9-8(14)6-4-11(5-10-6)7(13)2-1-3-12/h4-5,7,12-13H,1-3H2,(H2,9,14). The molecule has 1 heterocycles. The number of carbonyl (C=O) groups excluding carboxylic acids is 1. The predicted octanol–water partition coefficient (Wildman–Crippen LogP) is -0.755. The largest absolute Gasteiger partial charge is 0.396 e. The fourth-order valence-electron chi connectivity index (χ4n) is 1.05. The molecule has 4 N–H and O–H groups in total. The van der Waals surface area contributed by atoms with E-state index in [2.05, 4.69) is 4.98 Å². The first-order valence-corrected chi connectivity index (χ1v) is 4.27. The molecule has 1 atom stereocenters. The zero-order valence-electron chi connectivity index (χ0n) is 7.63. The minimum absolute atomic E-state index is 0.0223. The van der Waals surface area contributed by atoms with Crippen molar-refractivity contribution in [2.45, 2.75) is 19.1 Å². The zero-order chi connectivity index (χ0) is 10.6. The van der Waals surface area contributed by atoms with Gasteiger partial charge in [-0.05, 0) is 12.8 Å². The van der Waals surface area contributed by atoms with Gasteiger partial charge in [0.1, 0.15) is 11.9 Å². The lowest BCUT2D eigenvalue weighted by Gasteiger charge is -2.09. The normalized spacial score (nSPS) is 12.7. The highest BCUT2D eigenvalue weighted by Gasteiger charge is 2.09. The molecule has 0 aromatic carbocycles. The van der Waals surface area contributed by atoms with E-state index in [1.807, 2.05) is 0 Å². The van der Waals surface area contributed by atoms with Crippen LogP contribution in [-0.4, -0.2) is 32.3 Å². The van der Waals surface area contributed by atoms with Crippen LogP contribution in [0, 0.1) is 0 Å². The average Bonchev–Trinajstić information content (AvgIpc) is 2.62. The van der Waals surface area contributed by atoms with E-state index in [1.54, 1.807) is 0 Å². The van der Waals surface area contributed by atoms with Crippen molar-refractivity contribution in [3.05, 3.63) is 18.2 Å². The summed E-state index contributed by atoms with van der Waals surface area (Å²) in [6.45, 7) is 0.0223. The van der Waals surface area contributed by atoms with Gasteiger partial charge in [0, 0.05) is 12.8 Å². The smallest absolute Gasteiger partial charge is 0.268 e. The molecule has 0 fully saturated rings. The van der Waals surface area contributed by atoms with Crippen LogP contribution >= 0.6 is 0 Å². The molecule has 1 aromatic rings. The number of primary amides is 1. The number of rotatable bonds is 5. The molecule has 1 unspecified atom stereocenters. The molecular weight excluding hydrogens is 186 g/mol. The van der Waals surface area contributed by atoms with Crippen LogP contribution in [0.15, 0.2) is 12.5 Å². The molecule has 0 bridgehead atoms. The van der Waals surface area contributed by atoms with Gasteiger partial charge < -0.3 is 20.5 Å². The van der Waals surface area contributed by atoms with Crippen LogP contribution in [0.4, 0.5) is 0 Å². The lowest BCUT2D eigenvalue weighted by atomic mass is 10.3. The Morgan fingerprint density at radius 3 is 2.93 bits per heavy atom. The summed E-state index contributed by atoms with van der Waals surface area (Å²) >= 11 is 0. The van der Waals surface area contributed by atoms with E-state index < -0.39 is 12.1 Å². The molecular formula is C8H13N3O3. The minimum atomic E-state index is -0.775. The fraction of sp³-hybridized carbons (Fsp3) is 0.500. The Balaban J connectivity index is 2.61. The summed E-state index contributed by atoms with van der Waals surface area (Å²) in [4.78, 5) is 14.4. The van der Waals surface area contributed by atoms with Crippen molar-refractivity contribution in [1.82, 2.24) is 9.55 Å². The van der Waals surface area contributed by atoms with Crippen LogP contribution < -0.4 is 5.73 Å². The number of aliphatic hydroxyl groups is 2. The molecule has 1 rings (SSSR count). The number of imidazole rings is 1. The highest BCUT2D eigenvalue weighted by molar-refractivity contribution is 5.90. The number of hydrogen-bond donors (Lipinski definition) is 3. The number of nitrogens with two attached hydrogens (primary N) is 1. The summed E-state index contributed by atoms with van der Waals surface area (Å²) < 4.78 is 1.38. The molecule has 0 saturated heterocycles. The molecule has 1 amide bonds. The van der Waals surface area contributed by atoms with E-state index in [0.29, 0.717) is 12.8 Å². The summed E-state index contributed by atoms with van der Waals surface area (Å²) in [6.07, 6.45) is 2.84. The minimum Gasteiger partial charge on any atom is -0.396 e. The summed E-state index contributed by atoms with van der Waals surface area (Å²) in [5.41, 5.74) is 5.11. The molecule has 0 aliphatic carbocycles. The van der Waals surface area contributed by atoms with Crippen LogP contribution in [0.3, 0.4) is 0 Å². The molecule has 0 aliphatic heterocycles. The maximum atomic E-state index is 10.7. The topological polar surface area (TPSA) is 101 Å². The second-order valence-electron chi connectivity index (χ2n) is 2.92. The van der Waals surface area contributed by atoms with E-state index in [9.17, 15) is 9.90 Å². The molecule has 0 aliphatic rings. The molecule has 0 saturated carbocycles. The van der Waals surface area contributed by atoms with Gasteiger partial charge in [0.15, 0.2) is 0 Å². The van der Waals surface area contributed by atoms with Crippen molar-refractivity contribution >= 4 is 5.91 Å². The molecule has 6 heteroatoms. The summed E-state index contributed by atoms with van der Waals surface area (Å²) in [5.74, 6) is -0.627. The van der Waals surface area contributed by atoms with Gasteiger partial charge in [-0.2, -0.15) is 0 Å². The second-order valence-corrected chi connectivity index (χ2v) is 2.92. The SMILES string of the molecule is NC(=O)c1cn(C(O)CCCO)cn1. The molecule has 6 nitrogen and oxygen atoms in total. The Morgan fingerprint density at radius 1 is 1.71 bits per heavy atom. The van der Waals surface area contributed by atoms with Crippen molar-refractivity contribution in [1.29, 1.82) is 0 Å². The first-order valence-electron chi connectivity index (χ1n) is 4.27. The maximum Gasteiger partial charge on any atom is 0.268 e. The van der Waals surface area contributed by atoms with Crippen molar-refractivity contribution in [2.24, 2.45) is 5.73 Å². The van der Waals surface area contributed by atoms with Gasteiger partial charge in [0.05, 0.1) is 6.33 Å². The van der Waals surface area contributed by atoms with Gasteiger partial charge in [-0.3, -0.25) is 4.79 Å². The Bertz CT molecular complexity index is 311. The van der Waals surface area contributed by atoms with Gasteiger partial charge in [-0.1, -0.05) is 0 Å². The lowest BCUT2D eigenvalue weighted by Crippen LogP contribution is -2.11. The molecule has 0 radical (unpaired) electrons. The van der Waals surface area contributed by atoms with E-state index >= 15 is 0 Å². The number of aromatic nitrogens is 2. The summed E-state index contributed by atoms with van der Waals surface area (Å²) in [5, 5.41) is 18.1. The summed E-state index contributed by atoms with van der Waals surface area (Å²) in [6, 6.07) is 0. The van der Waals surface area contributed by atoms with Crippen molar-refractivity contribution in [3.63, 3.8) is 0 Å². The van der Waals surface area contributed by atoms with E-state index in [0.717, 1.165) is 0 Å². The number of amides is 1. The Morgan fingerprint density at radius 2 is 2.43 bits per heavy atom. The number of hydrogen-bond acceptors (Lipinski definition) is 4. The van der Waals surface area contributed by atoms with E-state index in [-0.39, 0.29) is 12.3 Å². The van der Waals surface area contributed by atoms with E-state index in [4.69, 9.17) is 10.8 Å². The first kappa shape index (κ1) is 10.7. The molecule has 14 heavy (non-hydrogen) atoms. The van der Waals surface area contributed by atoms with Crippen LogP contribution in [-0.2, 0) is 0 Å². The van der Waals surface area contributed by atoms with Gasteiger partial charge in [-0.15, -0.1) is 0 Å². The summed E-state index contributed by atoms with van der Waals surface area (Å²) in [7, 11) is 0. The highest BCUT2D eigenvalue weighted by atomic mass is 16.3. The van der Waals surface area contributed by atoms with Gasteiger partial charge in [-0.25, -0.2) is 4.98 Å². The van der Waals surface area contributed by atoms with Crippen molar-refractivity contribution in [3.8, 4) is 0 Å². The van der Waals surface area contributed by atoms with Crippen molar-refractivity contribution < 1.29 is 15.0 Å². The van der Waals surface area contributed by atoms with Gasteiger partial charge >= 0.3 is 0 Å². The highest BCUT2D eigenvalue weighted by Crippen LogP contribution is 2.10. The quantitative estimate of drug-likeness (QED) is 0.580. The van der Waals surface area contributed by atoms with Crippen LogP contribution in [0.25, 0.3) is 0 Å².